The molecule has 1 N–H and O–H groups in total. The maximum absolute atomic E-state index is 9.73. The van der Waals surface area contributed by atoms with Crippen LogP contribution in [0.2, 0.25) is 0 Å². The Bertz CT molecular complexity index is 113. The third-order valence-corrected chi connectivity index (χ3v) is 3.62. The molecule has 3 heteroatoms. The van der Waals surface area contributed by atoms with E-state index in [1.54, 1.807) is 0 Å². The van der Waals surface area contributed by atoms with Crippen molar-refractivity contribution in [1.82, 2.24) is 0 Å². The Morgan fingerprint density at radius 3 is 2.67 bits per heavy atom. The Kier molecular flexibility index (Phi) is 5.75. The van der Waals surface area contributed by atoms with E-state index in [1.807, 2.05) is 0 Å². The molecule has 0 saturated heterocycles. The Balaban J connectivity index is 2.05. The van der Waals surface area contributed by atoms with Gasteiger partial charge in [0.25, 0.3) is 0 Å². The first-order chi connectivity index (χ1) is 5.84. The van der Waals surface area contributed by atoms with Gasteiger partial charge in [-0.1, -0.05) is 0 Å². The zero-order chi connectivity index (χ0) is 8.81. The van der Waals surface area contributed by atoms with Gasteiger partial charge in [-0.25, -0.2) is 0 Å². The maximum atomic E-state index is 9.73. The Hall–Kier alpha value is 0.842. The predicted molar refractivity (Wildman–Crippen MR) is 48.9 cm³/mol. The first kappa shape index (κ1) is 10.9. The minimum atomic E-state index is -0.0485. The van der Waals surface area contributed by atoms with Gasteiger partial charge >= 0.3 is 91.2 Å². The molecule has 1 aliphatic rings. The van der Waals surface area contributed by atoms with E-state index >= 15 is 0 Å². The van der Waals surface area contributed by atoms with Gasteiger partial charge in [0.05, 0.1) is 0 Å². The SMILES string of the molecule is OC(CCC[O][Tl])C1CCCC1. The Labute approximate surface area is 91.0 Å². The van der Waals surface area contributed by atoms with Gasteiger partial charge in [-0.15, -0.1) is 0 Å². The summed E-state index contributed by atoms with van der Waals surface area (Å²) in [6, 6.07) is 0. The standard InChI is InChI=1S/C9H17O2.Tl/c10-7-3-6-9(11)8-4-1-2-5-8;/h8-9,11H,1-7H2;/q-1;+1. The summed E-state index contributed by atoms with van der Waals surface area (Å²) in [6.45, 7) is 0.856. The van der Waals surface area contributed by atoms with Crippen molar-refractivity contribution in [2.24, 2.45) is 5.92 Å². The molecule has 1 aliphatic carbocycles. The van der Waals surface area contributed by atoms with Crippen LogP contribution < -0.4 is 0 Å². The summed E-state index contributed by atoms with van der Waals surface area (Å²) in [4.78, 5) is 0. The van der Waals surface area contributed by atoms with Crippen molar-refractivity contribution in [2.45, 2.75) is 44.6 Å². The van der Waals surface area contributed by atoms with E-state index in [2.05, 4.69) is 0 Å². The summed E-state index contributed by atoms with van der Waals surface area (Å²) < 4.78 is 5.11. The van der Waals surface area contributed by atoms with Crippen LogP contribution in [-0.4, -0.2) is 44.0 Å². The summed E-state index contributed by atoms with van der Waals surface area (Å²) in [5, 5.41) is 9.73. The third kappa shape index (κ3) is 3.70. The number of hydrogen-bond donors (Lipinski definition) is 1. The molecule has 2 nitrogen and oxygen atoms in total. The van der Waals surface area contributed by atoms with Crippen LogP contribution in [0.1, 0.15) is 38.5 Å². The molecule has 0 aromatic carbocycles. The van der Waals surface area contributed by atoms with E-state index in [-0.39, 0.29) is 6.10 Å². The second-order valence-electron chi connectivity index (χ2n) is 3.62. The van der Waals surface area contributed by atoms with Gasteiger partial charge in [0, 0.05) is 0 Å². The van der Waals surface area contributed by atoms with Crippen LogP contribution in [0.5, 0.6) is 0 Å². The van der Waals surface area contributed by atoms with Gasteiger partial charge in [0.2, 0.25) is 0 Å². The van der Waals surface area contributed by atoms with Crippen molar-refractivity contribution >= 4 is 26.2 Å². The monoisotopic (exact) mass is 362 g/mol. The summed E-state index contributed by atoms with van der Waals surface area (Å²) in [5.74, 6) is 0.599. The van der Waals surface area contributed by atoms with Crippen molar-refractivity contribution in [2.75, 3.05) is 6.61 Å². The summed E-state index contributed by atoms with van der Waals surface area (Å²) in [5.41, 5.74) is 0. The fourth-order valence-corrected chi connectivity index (χ4v) is 2.60. The first-order valence-electron chi connectivity index (χ1n) is 4.84. The molecule has 0 amide bonds. The molecule has 0 heterocycles. The van der Waals surface area contributed by atoms with Crippen molar-refractivity contribution in [3.05, 3.63) is 0 Å². The molecule has 1 atom stereocenters. The van der Waals surface area contributed by atoms with E-state index in [0.717, 1.165) is 19.4 Å². The molecular weight excluding hydrogens is 344 g/mol. The van der Waals surface area contributed by atoms with Crippen LogP contribution in [0, 0.1) is 5.92 Å². The van der Waals surface area contributed by atoms with Crippen LogP contribution in [0.25, 0.3) is 0 Å². The molecule has 1 unspecified atom stereocenters. The Morgan fingerprint density at radius 1 is 1.42 bits per heavy atom. The number of hydrogen-bond acceptors (Lipinski definition) is 2. The molecular formula is C9H17O2Tl. The molecule has 1 rings (SSSR count). The average molecular weight is 362 g/mol. The fraction of sp³-hybridized carbons (Fsp3) is 1.00. The van der Waals surface area contributed by atoms with Crippen LogP contribution in [0.15, 0.2) is 0 Å². The van der Waals surface area contributed by atoms with Gasteiger partial charge < -0.3 is 0 Å². The van der Waals surface area contributed by atoms with Gasteiger partial charge in [0.15, 0.2) is 0 Å². The molecule has 0 aliphatic heterocycles. The van der Waals surface area contributed by atoms with Crippen LogP contribution >= 0.6 is 0 Å². The number of aliphatic hydroxyl groups excluding tert-OH is 1. The Morgan fingerprint density at radius 2 is 2.08 bits per heavy atom. The molecule has 0 aromatic heterocycles. The molecule has 68 valence electrons. The van der Waals surface area contributed by atoms with Gasteiger partial charge in [-0.3, -0.25) is 0 Å². The zero-order valence-corrected chi connectivity index (χ0v) is 12.0. The van der Waals surface area contributed by atoms with Crippen molar-refractivity contribution < 1.29 is 7.79 Å². The fourth-order valence-electron chi connectivity index (χ4n) is 1.95. The second kappa shape index (κ2) is 6.32. The van der Waals surface area contributed by atoms with Crippen LogP contribution in [0.4, 0.5) is 0 Å². The summed E-state index contributed by atoms with van der Waals surface area (Å²) in [7, 11) is 0. The number of rotatable bonds is 5. The van der Waals surface area contributed by atoms with Gasteiger partial charge in [-0.2, -0.15) is 0 Å². The first-order valence-corrected chi connectivity index (χ1v) is 6.67. The molecule has 0 aromatic rings. The van der Waals surface area contributed by atoms with Crippen LogP contribution in [0.3, 0.4) is 0 Å². The van der Waals surface area contributed by atoms with E-state index in [4.69, 9.17) is 2.69 Å². The van der Waals surface area contributed by atoms with Gasteiger partial charge in [-0.05, 0) is 0 Å². The van der Waals surface area contributed by atoms with E-state index in [9.17, 15) is 5.11 Å². The third-order valence-electron chi connectivity index (χ3n) is 2.71. The van der Waals surface area contributed by atoms with E-state index in [1.165, 1.54) is 25.7 Å². The quantitative estimate of drug-likeness (QED) is 0.593. The average Bonchev–Trinajstić information content (AvgIpc) is 2.56. The van der Waals surface area contributed by atoms with Crippen LogP contribution in [-0.2, 0) is 2.69 Å². The topological polar surface area (TPSA) is 29.5 Å². The van der Waals surface area contributed by atoms with Crippen molar-refractivity contribution in [3.8, 4) is 0 Å². The zero-order valence-electron chi connectivity index (χ0n) is 7.54. The molecule has 1 fully saturated rings. The van der Waals surface area contributed by atoms with Gasteiger partial charge in [0.1, 0.15) is 0 Å². The van der Waals surface area contributed by atoms with Crippen molar-refractivity contribution in [1.29, 1.82) is 0 Å². The molecule has 12 heavy (non-hydrogen) atoms. The van der Waals surface area contributed by atoms with E-state index in [0.29, 0.717) is 32.1 Å². The minimum absolute atomic E-state index is 0.0485. The second-order valence-corrected chi connectivity index (χ2v) is 4.92. The summed E-state index contributed by atoms with van der Waals surface area (Å²) in [6.07, 6.45) is 7.05. The molecule has 0 spiro atoms. The molecule has 0 bridgehead atoms. The van der Waals surface area contributed by atoms with Crippen molar-refractivity contribution in [3.63, 3.8) is 0 Å². The molecule has 1 saturated carbocycles. The molecule has 0 radical (unpaired) electrons. The predicted octanol–water partition coefficient (Wildman–Crippen LogP) is 1.42. The number of aliphatic hydroxyl groups is 1. The van der Waals surface area contributed by atoms with E-state index < -0.39 is 0 Å². The normalized spacial score (nSPS) is 21.3. The summed E-state index contributed by atoms with van der Waals surface area (Å²) >= 11 is 0.652.